The van der Waals surface area contributed by atoms with Gasteiger partial charge in [0.25, 0.3) is 0 Å². The summed E-state index contributed by atoms with van der Waals surface area (Å²) in [6, 6.07) is 11.8. The van der Waals surface area contributed by atoms with Gasteiger partial charge in [-0.25, -0.2) is 0 Å². The molecule has 10 heteroatoms. The summed E-state index contributed by atoms with van der Waals surface area (Å²) in [5.74, 6) is 1.77. The monoisotopic (exact) mass is 426 g/mol. The van der Waals surface area contributed by atoms with E-state index in [2.05, 4.69) is 20.4 Å². The third kappa shape index (κ3) is 4.54. The topological polar surface area (TPSA) is 113 Å². The fourth-order valence-electron chi connectivity index (χ4n) is 2.66. The zero-order valence-electron chi connectivity index (χ0n) is 15.6. The van der Waals surface area contributed by atoms with E-state index < -0.39 is 0 Å². The lowest BCUT2D eigenvalue weighted by molar-refractivity contribution is -0.118. The molecule has 29 heavy (non-hydrogen) atoms. The molecule has 3 aromatic heterocycles. The Morgan fingerprint density at radius 1 is 1.17 bits per heavy atom. The molecule has 1 amide bonds. The van der Waals surface area contributed by atoms with E-state index in [0.29, 0.717) is 29.2 Å². The van der Waals surface area contributed by atoms with Crippen molar-refractivity contribution in [3.05, 3.63) is 53.2 Å². The highest BCUT2D eigenvalue weighted by molar-refractivity contribution is 7.98. The van der Waals surface area contributed by atoms with Gasteiger partial charge in [0.2, 0.25) is 17.7 Å². The molecule has 0 aliphatic carbocycles. The Kier molecular flexibility index (Phi) is 5.72. The molecule has 0 spiro atoms. The molecular formula is C19H18N6O2S2. The molecule has 0 saturated heterocycles. The van der Waals surface area contributed by atoms with E-state index in [4.69, 9.17) is 10.2 Å². The van der Waals surface area contributed by atoms with E-state index in [1.807, 2.05) is 53.3 Å². The Morgan fingerprint density at radius 2 is 2.00 bits per heavy atom. The van der Waals surface area contributed by atoms with E-state index in [9.17, 15) is 4.79 Å². The fraction of sp³-hybridized carbons (Fsp3) is 0.211. The normalized spacial score (nSPS) is 11.1. The van der Waals surface area contributed by atoms with Crippen LogP contribution in [0.15, 0.2) is 51.4 Å². The number of hydrogen-bond donors (Lipinski definition) is 1. The van der Waals surface area contributed by atoms with Crippen molar-refractivity contribution < 1.29 is 9.21 Å². The molecule has 0 saturated carbocycles. The molecule has 8 nitrogen and oxygen atoms in total. The molecule has 148 valence electrons. The summed E-state index contributed by atoms with van der Waals surface area (Å²) in [6.45, 7) is 2.44. The van der Waals surface area contributed by atoms with Crippen molar-refractivity contribution in [3.63, 3.8) is 0 Å². The number of nitrogens with two attached hydrogens (primary N) is 1. The maximum absolute atomic E-state index is 11.3. The van der Waals surface area contributed by atoms with Gasteiger partial charge in [-0.1, -0.05) is 35.5 Å². The lowest BCUT2D eigenvalue weighted by atomic mass is 10.1. The maximum atomic E-state index is 11.3. The smallest absolute Gasteiger partial charge is 0.247 e. The van der Waals surface area contributed by atoms with E-state index in [-0.39, 0.29) is 12.3 Å². The predicted molar refractivity (Wildman–Crippen MR) is 111 cm³/mol. The van der Waals surface area contributed by atoms with E-state index in [0.717, 1.165) is 16.3 Å². The van der Waals surface area contributed by atoms with Crippen LogP contribution in [0.2, 0.25) is 0 Å². The quantitative estimate of drug-likeness (QED) is 0.429. The highest BCUT2D eigenvalue weighted by Gasteiger charge is 2.17. The van der Waals surface area contributed by atoms with Gasteiger partial charge in [-0.3, -0.25) is 4.79 Å². The van der Waals surface area contributed by atoms with Crippen LogP contribution in [0, 0.1) is 6.92 Å². The van der Waals surface area contributed by atoms with Gasteiger partial charge >= 0.3 is 0 Å². The molecular weight excluding hydrogens is 408 g/mol. The number of primary amides is 1. The van der Waals surface area contributed by atoms with Crippen molar-refractivity contribution >= 4 is 29.0 Å². The van der Waals surface area contributed by atoms with Crippen molar-refractivity contribution in [2.75, 3.05) is 0 Å². The number of carbonyl (C=O) groups is 1. The second-order valence-electron chi connectivity index (χ2n) is 6.31. The number of aryl methyl sites for hydroxylation is 1. The summed E-state index contributed by atoms with van der Waals surface area (Å²) in [4.78, 5) is 12.3. The van der Waals surface area contributed by atoms with Gasteiger partial charge < -0.3 is 14.7 Å². The maximum Gasteiger partial charge on any atom is 0.247 e. The van der Waals surface area contributed by atoms with Crippen LogP contribution in [0.3, 0.4) is 0 Å². The van der Waals surface area contributed by atoms with E-state index in [1.165, 1.54) is 17.3 Å². The van der Waals surface area contributed by atoms with E-state index >= 15 is 0 Å². The molecule has 2 N–H and O–H groups in total. The van der Waals surface area contributed by atoms with Gasteiger partial charge in [0.05, 0.1) is 10.6 Å². The van der Waals surface area contributed by atoms with Crippen molar-refractivity contribution in [3.8, 4) is 22.2 Å². The number of thiophene rings is 1. The lowest BCUT2D eigenvalue weighted by Gasteiger charge is -2.07. The third-order valence-electron chi connectivity index (χ3n) is 4.13. The van der Waals surface area contributed by atoms with Crippen LogP contribution < -0.4 is 5.73 Å². The highest BCUT2D eigenvalue weighted by Crippen LogP contribution is 2.29. The van der Waals surface area contributed by atoms with Crippen LogP contribution in [-0.2, 0) is 17.1 Å². The fourth-order valence-corrected chi connectivity index (χ4v) is 4.18. The van der Waals surface area contributed by atoms with Crippen molar-refractivity contribution in [2.45, 2.75) is 30.8 Å². The minimum absolute atomic E-state index is 0.210. The lowest BCUT2D eigenvalue weighted by Crippen LogP contribution is -2.14. The molecule has 0 aliphatic heterocycles. The third-order valence-corrected chi connectivity index (χ3v) is 5.95. The molecule has 0 radical (unpaired) electrons. The van der Waals surface area contributed by atoms with Gasteiger partial charge in [-0.05, 0) is 30.5 Å². The first kappa shape index (κ1) is 19.3. The minimum atomic E-state index is -0.369. The van der Waals surface area contributed by atoms with Crippen molar-refractivity contribution in [1.29, 1.82) is 0 Å². The first-order chi connectivity index (χ1) is 14.1. The zero-order chi connectivity index (χ0) is 20.2. The number of nitrogens with zero attached hydrogens (tertiary/aromatic N) is 5. The standard InChI is InChI=1S/C19H18N6O2S2/c1-12-4-6-13(7-5-12)18-23-21-16(27-18)11-29-19-24-22-17(14-3-2-10-28-14)25(19)9-8-15(20)26/h2-7,10H,8-9,11H2,1H3,(H2,20,26). The number of benzene rings is 1. The summed E-state index contributed by atoms with van der Waals surface area (Å²) < 4.78 is 7.68. The number of carbonyl (C=O) groups excluding carboxylic acids is 1. The largest absolute Gasteiger partial charge is 0.420 e. The van der Waals surface area contributed by atoms with Crippen LogP contribution in [0.25, 0.3) is 22.2 Å². The molecule has 4 rings (SSSR count). The molecule has 0 atom stereocenters. The summed E-state index contributed by atoms with van der Waals surface area (Å²) >= 11 is 2.99. The Morgan fingerprint density at radius 3 is 2.72 bits per heavy atom. The molecule has 0 fully saturated rings. The Bertz CT molecular complexity index is 1100. The first-order valence-electron chi connectivity index (χ1n) is 8.88. The van der Waals surface area contributed by atoms with Crippen molar-refractivity contribution in [2.24, 2.45) is 5.73 Å². The highest BCUT2D eigenvalue weighted by atomic mass is 32.2. The Labute approximate surface area is 175 Å². The molecule has 0 unspecified atom stereocenters. The molecule has 3 heterocycles. The average molecular weight is 427 g/mol. The SMILES string of the molecule is Cc1ccc(-c2nnc(CSc3nnc(-c4cccs4)n3CCC(N)=O)o2)cc1. The zero-order valence-corrected chi connectivity index (χ0v) is 17.2. The van der Waals surface area contributed by atoms with Gasteiger partial charge in [0.15, 0.2) is 11.0 Å². The Balaban J connectivity index is 1.51. The molecule has 4 aromatic rings. The number of aromatic nitrogens is 5. The van der Waals surface area contributed by atoms with Crippen LogP contribution >= 0.6 is 23.1 Å². The molecule has 1 aromatic carbocycles. The van der Waals surface area contributed by atoms with Crippen LogP contribution in [0.5, 0.6) is 0 Å². The number of amides is 1. The van der Waals surface area contributed by atoms with E-state index in [1.54, 1.807) is 11.3 Å². The van der Waals surface area contributed by atoms with Gasteiger partial charge in [0.1, 0.15) is 0 Å². The summed E-state index contributed by atoms with van der Waals surface area (Å²) in [5, 5.41) is 19.5. The van der Waals surface area contributed by atoms with Crippen LogP contribution in [-0.4, -0.2) is 30.9 Å². The van der Waals surface area contributed by atoms with Crippen LogP contribution in [0.1, 0.15) is 17.9 Å². The number of thioether (sulfide) groups is 1. The van der Waals surface area contributed by atoms with Crippen molar-refractivity contribution in [1.82, 2.24) is 25.0 Å². The minimum Gasteiger partial charge on any atom is -0.420 e. The number of rotatable bonds is 8. The second kappa shape index (κ2) is 8.58. The van der Waals surface area contributed by atoms with Gasteiger partial charge in [-0.15, -0.1) is 31.7 Å². The summed E-state index contributed by atoms with van der Waals surface area (Å²) in [7, 11) is 0. The second-order valence-corrected chi connectivity index (χ2v) is 8.20. The average Bonchev–Trinajstić information content (AvgIpc) is 3.45. The number of hydrogen-bond acceptors (Lipinski definition) is 8. The first-order valence-corrected chi connectivity index (χ1v) is 10.7. The van der Waals surface area contributed by atoms with Gasteiger partial charge in [-0.2, -0.15) is 0 Å². The Hall–Kier alpha value is -2.98. The molecule has 0 aliphatic rings. The molecule has 0 bridgehead atoms. The summed E-state index contributed by atoms with van der Waals surface area (Å²) in [6.07, 6.45) is 0.210. The van der Waals surface area contributed by atoms with Gasteiger partial charge in [0, 0.05) is 18.5 Å². The van der Waals surface area contributed by atoms with Crippen LogP contribution in [0.4, 0.5) is 0 Å². The predicted octanol–water partition coefficient (Wildman–Crippen LogP) is 3.53. The summed E-state index contributed by atoms with van der Waals surface area (Å²) in [5.41, 5.74) is 7.38.